The molecule has 4 atom stereocenters. The highest BCUT2D eigenvalue weighted by Crippen LogP contribution is 2.38. The number of rotatable bonds is 3. The molecule has 0 aliphatic heterocycles. The summed E-state index contributed by atoms with van der Waals surface area (Å²) < 4.78 is 0. The first-order valence-electron chi connectivity index (χ1n) is 8.68. The van der Waals surface area contributed by atoms with E-state index in [1.165, 1.54) is 64.2 Å². The topological polar surface area (TPSA) is 38.0 Å². The molecule has 3 N–H and O–H groups in total. The summed E-state index contributed by atoms with van der Waals surface area (Å²) in [5.41, 5.74) is 3.23. The molecule has 112 valence electrons. The lowest BCUT2D eigenvalue weighted by Crippen LogP contribution is -2.48. The van der Waals surface area contributed by atoms with E-state index in [-0.39, 0.29) is 0 Å². The van der Waals surface area contributed by atoms with E-state index in [1.807, 2.05) is 0 Å². The molecule has 0 heterocycles. The van der Waals surface area contributed by atoms with Crippen LogP contribution in [0.5, 0.6) is 0 Å². The zero-order chi connectivity index (χ0) is 13.7. The minimum Gasteiger partial charge on any atom is -0.271 e. The molecule has 0 aromatic carbocycles. The van der Waals surface area contributed by atoms with Crippen molar-refractivity contribution >= 4 is 0 Å². The SMILES string of the molecule is CC1CCC(C(NN)C2CCCCCCC2)CC1C. The fraction of sp³-hybridized carbons (Fsp3) is 1.00. The number of nitrogens with two attached hydrogens (primary N) is 1. The van der Waals surface area contributed by atoms with Crippen molar-refractivity contribution in [2.75, 3.05) is 0 Å². The lowest BCUT2D eigenvalue weighted by molar-refractivity contribution is 0.129. The lowest BCUT2D eigenvalue weighted by Gasteiger charge is -2.40. The van der Waals surface area contributed by atoms with Gasteiger partial charge in [0.2, 0.25) is 0 Å². The van der Waals surface area contributed by atoms with Crippen LogP contribution in [-0.2, 0) is 0 Å². The molecule has 0 bridgehead atoms. The molecule has 0 spiro atoms. The maximum Gasteiger partial charge on any atom is 0.0267 e. The van der Waals surface area contributed by atoms with Gasteiger partial charge in [-0.05, 0) is 49.4 Å². The summed E-state index contributed by atoms with van der Waals surface area (Å²) in [6, 6.07) is 0.577. The van der Waals surface area contributed by atoms with Gasteiger partial charge in [0, 0.05) is 6.04 Å². The van der Waals surface area contributed by atoms with Crippen LogP contribution in [0.4, 0.5) is 0 Å². The van der Waals surface area contributed by atoms with Gasteiger partial charge in [0.1, 0.15) is 0 Å². The van der Waals surface area contributed by atoms with Gasteiger partial charge in [-0.1, -0.05) is 52.4 Å². The number of hydrogen-bond donors (Lipinski definition) is 2. The van der Waals surface area contributed by atoms with Gasteiger partial charge in [-0.25, -0.2) is 0 Å². The molecule has 0 radical (unpaired) electrons. The zero-order valence-corrected chi connectivity index (χ0v) is 13.0. The predicted octanol–water partition coefficient (Wildman–Crippen LogP) is 4.25. The van der Waals surface area contributed by atoms with E-state index >= 15 is 0 Å². The summed E-state index contributed by atoms with van der Waals surface area (Å²) in [4.78, 5) is 0. The van der Waals surface area contributed by atoms with Gasteiger partial charge in [0.25, 0.3) is 0 Å². The molecule has 2 heteroatoms. The molecule has 0 aromatic heterocycles. The fourth-order valence-corrected chi connectivity index (χ4v) is 4.42. The zero-order valence-electron chi connectivity index (χ0n) is 13.0. The van der Waals surface area contributed by atoms with Crippen LogP contribution in [0, 0.1) is 23.7 Å². The molecule has 0 aromatic rings. The minimum absolute atomic E-state index is 0.577. The highest BCUT2D eigenvalue weighted by atomic mass is 15.2. The van der Waals surface area contributed by atoms with Gasteiger partial charge in [-0.2, -0.15) is 0 Å². The molecule has 2 aliphatic rings. The van der Waals surface area contributed by atoms with Crippen LogP contribution in [0.15, 0.2) is 0 Å². The van der Waals surface area contributed by atoms with Crippen molar-refractivity contribution in [1.29, 1.82) is 0 Å². The summed E-state index contributed by atoms with van der Waals surface area (Å²) in [5.74, 6) is 9.39. The van der Waals surface area contributed by atoms with Gasteiger partial charge in [0.15, 0.2) is 0 Å². The Bertz CT molecular complexity index is 241. The lowest BCUT2D eigenvalue weighted by atomic mass is 9.69. The van der Waals surface area contributed by atoms with Gasteiger partial charge in [0.05, 0.1) is 0 Å². The second-order valence-electron chi connectivity index (χ2n) is 7.33. The normalized spacial score (nSPS) is 36.5. The van der Waals surface area contributed by atoms with Crippen LogP contribution in [-0.4, -0.2) is 6.04 Å². The van der Waals surface area contributed by atoms with Crippen molar-refractivity contribution in [3.63, 3.8) is 0 Å². The molecular formula is C17H34N2. The van der Waals surface area contributed by atoms with Gasteiger partial charge >= 0.3 is 0 Å². The van der Waals surface area contributed by atoms with Crippen molar-refractivity contribution < 1.29 is 0 Å². The van der Waals surface area contributed by atoms with Crippen LogP contribution in [0.3, 0.4) is 0 Å². The molecule has 0 amide bonds. The third-order valence-electron chi connectivity index (χ3n) is 6.00. The highest BCUT2D eigenvalue weighted by Gasteiger charge is 2.33. The first-order chi connectivity index (χ1) is 9.22. The first kappa shape index (κ1) is 15.3. The number of hydrazine groups is 1. The Kier molecular flexibility index (Phi) is 6.15. The van der Waals surface area contributed by atoms with Crippen molar-refractivity contribution in [2.24, 2.45) is 29.5 Å². The Hall–Kier alpha value is -0.0800. The van der Waals surface area contributed by atoms with Crippen molar-refractivity contribution in [3.05, 3.63) is 0 Å². The summed E-state index contributed by atoms with van der Waals surface area (Å²) in [6.45, 7) is 4.85. The monoisotopic (exact) mass is 266 g/mol. The molecule has 2 saturated carbocycles. The second kappa shape index (κ2) is 7.64. The highest BCUT2D eigenvalue weighted by molar-refractivity contribution is 4.87. The van der Waals surface area contributed by atoms with E-state index in [1.54, 1.807) is 0 Å². The van der Waals surface area contributed by atoms with E-state index in [0.29, 0.717) is 6.04 Å². The molecule has 2 rings (SSSR count). The first-order valence-corrected chi connectivity index (χ1v) is 8.68. The van der Waals surface area contributed by atoms with Gasteiger partial charge in [-0.3, -0.25) is 11.3 Å². The van der Waals surface area contributed by atoms with Crippen molar-refractivity contribution in [1.82, 2.24) is 5.43 Å². The van der Waals surface area contributed by atoms with E-state index in [0.717, 1.165) is 23.7 Å². The van der Waals surface area contributed by atoms with E-state index in [9.17, 15) is 0 Å². The Morgan fingerprint density at radius 2 is 1.42 bits per heavy atom. The van der Waals surface area contributed by atoms with Gasteiger partial charge in [-0.15, -0.1) is 0 Å². The largest absolute Gasteiger partial charge is 0.271 e. The van der Waals surface area contributed by atoms with Crippen LogP contribution >= 0.6 is 0 Å². The third kappa shape index (κ3) is 4.19. The molecule has 2 aliphatic carbocycles. The summed E-state index contributed by atoms with van der Waals surface area (Å²) in [6.07, 6.45) is 14.1. The van der Waals surface area contributed by atoms with Crippen LogP contribution < -0.4 is 11.3 Å². The fourth-order valence-electron chi connectivity index (χ4n) is 4.42. The molecular weight excluding hydrogens is 232 g/mol. The quantitative estimate of drug-likeness (QED) is 0.592. The minimum atomic E-state index is 0.577. The van der Waals surface area contributed by atoms with Crippen molar-refractivity contribution in [2.45, 2.75) is 84.1 Å². The molecule has 0 saturated heterocycles. The van der Waals surface area contributed by atoms with Crippen LogP contribution in [0.25, 0.3) is 0 Å². The standard InChI is InChI=1S/C17H34N2/c1-13-10-11-16(12-14(13)2)17(19-18)15-8-6-4-3-5-7-9-15/h13-17,19H,3-12,18H2,1-2H3. The Labute approximate surface area is 119 Å². The molecule has 2 fully saturated rings. The van der Waals surface area contributed by atoms with E-state index < -0.39 is 0 Å². The summed E-state index contributed by atoms with van der Waals surface area (Å²) in [7, 11) is 0. The molecule has 4 unspecified atom stereocenters. The molecule has 19 heavy (non-hydrogen) atoms. The van der Waals surface area contributed by atoms with E-state index in [2.05, 4.69) is 19.3 Å². The Morgan fingerprint density at radius 3 is 2.00 bits per heavy atom. The maximum atomic E-state index is 5.95. The third-order valence-corrected chi connectivity index (χ3v) is 6.00. The maximum absolute atomic E-state index is 5.95. The summed E-state index contributed by atoms with van der Waals surface area (Å²) in [5, 5.41) is 0. The molecule has 2 nitrogen and oxygen atoms in total. The van der Waals surface area contributed by atoms with Gasteiger partial charge < -0.3 is 0 Å². The Morgan fingerprint density at radius 1 is 0.789 bits per heavy atom. The second-order valence-corrected chi connectivity index (χ2v) is 7.33. The number of nitrogens with one attached hydrogen (secondary N) is 1. The average molecular weight is 266 g/mol. The van der Waals surface area contributed by atoms with Crippen LogP contribution in [0.2, 0.25) is 0 Å². The summed E-state index contributed by atoms with van der Waals surface area (Å²) >= 11 is 0. The smallest absolute Gasteiger partial charge is 0.0267 e. The predicted molar refractivity (Wildman–Crippen MR) is 82.6 cm³/mol. The van der Waals surface area contributed by atoms with E-state index in [4.69, 9.17) is 5.84 Å². The van der Waals surface area contributed by atoms with Crippen molar-refractivity contribution in [3.8, 4) is 0 Å². The Balaban J connectivity index is 1.93. The average Bonchev–Trinajstić information content (AvgIpc) is 2.36. The number of hydrogen-bond acceptors (Lipinski definition) is 2. The van der Waals surface area contributed by atoms with Crippen LogP contribution in [0.1, 0.15) is 78.1 Å².